The predicted molar refractivity (Wildman–Crippen MR) is 139 cm³/mol. The number of methoxy groups -OCH3 is 2. The maximum Gasteiger partial charge on any atom is 0.345 e. The normalized spacial score (nSPS) is 35.7. The molecule has 222 valence electrons. The van der Waals surface area contributed by atoms with Crippen molar-refractivity contribution in [1.29, 1.82) is 5.41 Å². The van der Waals surface area contributed by atoms with Crippen LogP contribution in [0.2, 0.25) is 0 Å². The fraction of sp³-hybridized carbons (Fsp3) is 0.857. The minimum atomic E-state index is -2.95. The summed E-state index contributed by atoms with van der Waals surface area (Å²) in [7, 11) is 5.22. The van der Waals surface area contributed by atoms with Crippen molar-refractivity contribution in [3.05, 3.63) is 18.0 Å². The van der Waals surface area contributed by atoms with E-state index in [1.165, 1.54) is 0 Å². The van der Waals surface area contributed by atoms with Crippen molar-refractivity contribution >= 4 is 5.91 Å². The van der Waals surface area contributed by atoms with Gasteiger partial charge in [0, 0.05) is 59.1 Å². The standard InChI is InChI=1S/C28H45F3N4O4/c1-34-6-7-35(28(34)32)16-18-8-19(24-5-4-21(29)13-25(24)39-27(30)31)12-20(9-18)26(36)33-15-17-10-22(37-2)14-23(11-17)38-3/h6-7,17-25,27,32H,4-5,8-16H2,1-3H3,(H,33,36). The maximum absolute atomic E-state index is 14.2. The van der Waals surface area contributed by atoms with Crippen LogP contribution in [0.5, 0.6) is 0 Å². The highest BCUT2D eigenvalue weighted by Crippen LogP contribution is 2.45. The number of nitrogens with one attached hydrogen (secondary N) is 2. The molecule has 0 spiro atoms. The molecule has 3 aliphatic carbocycles. The molecule has 8 nitrogen and oxygen atoms in total. The number of imidazole rings is 1. The van der Waals surface area contributed by atoms with Gasteiger partial charge in [-0.05, 0) is 75.0 Å². The van der Waals surface area contributed by atoms with Gasteiger partial charge in [-0.15, -0.1) is 0 Å². The van der Waals surface area contributed by atoms with Gasteiger partial charge in [0.25, 0.3) is 0 Å². The van der Waals surface area contributed by atoms with E-state index < -0.39 is 18.9 Å². The summed E-state index contributed by atoms with van der Waals surface area (Å²) in [5.74, 6) is -0.197. The molecule has 8 unspecified atom stereocenters. The van der Waals surface area contributed by atoms with Gasteiger partial charge in [-0.3, -0.25) is 10.2 Å². The number of amides is 1. The molecule has 8 atom stereocenters. The number of halogens is 3. The quantitative estimate of drug-likeness (QED) is 0.454. The van der Waals surface area contributed by atoms with Crippen LogP contribution in [-0.2, 0) is 32.6 Å². The number of hydrogen-bond acceptors (Lipinski definition) is 5. The molecule has 3 aliphatic rings. The van der Waals surface area contributed by atoms with Gasteiger partial charge >= 0.3 is 6.61 Å². The van der Waals surface area contributed by atoms with Gasteiger partial charge in [0.15, 0.2) is 0 Å². The van der Waals surface area contributed by atoms with Crippen molar-refractivity contribution in [2.75, 3.05) is 20.8 Å². The highest BCUT2D eigenvalue weighted by Gasteiger charge is 2.43. The van der Waals surface area contributed by atoms with Gasteiger partial charge in [-0.2, -0.15) is 8.78 Å². The molecule has 3 saturated carbocycles. The molecule has 0 bridgehead atoms. The first-order valence-electron chi connectivity index (χ1n) is 14.3. The Kier molecular flexibility index (Phi) is 10.6. The lowest BCUT2D eigenvalue weighted by Gasteiger charge is -2.43. The third kappa shape index (κ3) is 7.88. The Hall–Kier alpha value is -1.85. The summed E-state index contributed by atoms with van der Waals surface area (Å²) >= 11 is 0. The van der Waals surface area contributed by atoms with Gasteiger partial charge < -0.3 is 28.7 Å². The van der Waals surface area contributed by atoms with Crippen LogP contribution in [-0.4, -0.2) is 66.9 Å². The van der Waals surface area contributed by atoms with E-state index in [4.69, 9.17) is 19.6 Å². The monoisotopic (exact) mass is 558 g/mol. The van der Waals surface area contributed by atoms with Crippen LogP contribution in [0.3, 0.4) is 0 Å². The molecule has 1 amide bonds. The number of rotatable bonds is 10. The fourth-order valence-electron chi connectivity index (χ4n) is 7.35. The molecule has 2 N–H and O–H groups in total. The number of hydrogen-bond donors (Lipinski definition) is 2. The highest BCUT2D eigenvalue weighted by atomic mass is 19.3. The van der Waals surface area contributed by atoms with Gasteiger partial charge in [0.05, 0.1) is 18.3 Å². The Balaban J connectivity index is 1.46. The number of carbonyl (C=O) groups excluding carboxylic acids is 1. The minimum absolute atomic E-state index is 0.0205. The van der Waals surface area contributed by atoms with Crippen molar-refractivity contribution in [2.45, 2.75) is 95.4 Å². The zero-order valence-electron chi connectivity index (χ0n) is 23.4. The zero-order chi connectivity index (χ0) is 28.1. The Morgan fingerprint density at radius 3 is 2.36 bits per heavy atom. The van der Waals surface area contributed by atoms with Gasteiger partial charge in [0.2, 0.25) is 11.5 Å². The van der Waals surface area contributed by atoms with Crippen LogP contribution in [0.1, 0.15) is 57.8 Å². The SMILES string of the molecule is COC1CC(CNC(=O)C2CC(Cn3ccn(C)c3=N)CC(C3CCC(F)CC3OC(F)F)C2)CC(OC)C1. The summed E-state index contributed by atoms with van der Waals surface area (Å²) in [6.07, 6.45) is 7.24. The number of nitrogens with zero attached hydrogens (tertiary/aromatic N) is 2. The van der Waals surface area contributed by atoms with Crippen LogP contribution < -0.4 is 10.9 Å². The molecular weight excluding hydrogens is 513 g/mol. The zero-order valence-corrected chi connectivity index (χ0v) is 23.4. The first kappa shape index (κ1) is 30.1. The van der Waals surface area contributed by atoms with E-state index in [-0.39, 0.29) is 54.1 Å². The Morgan fingerprint density at radius 2 is 1.74 bits per heavy atom. The number of aromatic nitrogens is 2. The Morgan fingerprint density at radius 1 is 1.03 bits per heavy atom. The average Bonchev–Trinajstić information content (AvgIpc) is 3.23. The molecule has 0 radical (unpaired) electrons. The summed E-state index contributed by atoms with van der Waals surface area (Å²) in [4.78, 5) is 13.5. The lowest BCUT2D eigenvalue weighted by Crippen LogP contribution is -2.45. The maximum atomic E-state index is 14.2. The smallest absolute Gasteiger partial charge is 0.345 e. The van der Waals surface area contributed by atoms with Crippen LogP contribution in [0.4, 0.5) is 13.2 Å². The van der Waals surface area contributed by atoms with Crippen molar-refractivity contribution in [3.8, 4) is 0 Å². The van der Waals surface area contributed by atoms with E-state index in [1.807, 2.05) is 24.0 Å². The predicted octanol–water partition coefficient (Wildman–Crippen LogP) is 4.03. The molecule has 1 heterocycles. The van der Waals surface area contributed by atoms with Crippen LogP contribution in [0.15, 0.2) is 12.4 Å². The molecule has 3 fully saturated rings. The second-order valence-corrected chi connectivity index (χ2v) is 12.0. The Labute approximate surface area is 229 Å². The third-order valence-electron chi connectivity index (χ3n) is 9.36. The second-order valence-electron chi connectivity index (χ2n) is 12.0. The number of carbonyl (C=O) groups is 1. The molecule has 39 heavy (non-hydrogen) atoms. The molecule has 0 aromatic carbocycles. The van der Waals surface area contributed by atoms with Crippen LogP contribution in [0.25, 0.3) is 0 Å². The summed E-state index contributed by atoms with van der Waals surface area (Å²) < 4.78 is 60.3. The highest BCUT2D eigenvalue weighted by molar-refractivity contribution is 5.78. The summed E-state index contributed by atoms with van der Waals surface area (Å²) in [5, 5.41) is 11.5. The minimum Gasteiger partial charge on any atom is -0.381 e. The largest absolute Gasteiger partial charge is 0.381 e. The van der Waals surface area contributed by atoms with Crippen molar-refractivity contribution in [3.63, 3.8) is 0 Å². The van der Waals surface area contributed by atoms with E-state index in [9.17, 15) is 18.0 Å². The summed E-state index contributed by atoms with van der Waals surface area (Å²) in [6, 6.07) is 0. The lowest BCUT2D eigenvalue weighted by molar-refractivity contribution is -0.196. The van der Waals surface area contributed by atoms with E-state index in [0.29, 0.717) is 44.4 Å². The first-order chi connectivity index (χ1) is 18.7. The van der Waals surface area contributed by atoms with E-state index in [1.54, 1.807) is 18.8 Å². The second kappa shape index (κ2) is 13.7. The molecule has 0 aliphatic heterocycles. The molecule has 4 rings (SSSR count). The van der Waals surface area contributed by atoms with E-state index >= 15 is 0 Å². The summed E-state index contributed by atoms with van der Waals surface area (Å²) in [6.45, 7) is -1.83. The summed E-state index contributed by atoms with van der Waals surface area (Å²) in [5.41, 5.74) is 0.368. The van der Waals surface area contributed by atoms with Gasteiger partial charge in [0.1, 0.15) is 6.17 Å². The van der Waals surface area contributed by atoms with Gasteiger partial charge in [-0.25, -0.2) is 4.39 Å². The number of aryl methyl sites for hydroxylation is 1. The van der Waals surface area contributed by atoms with Crippen LogP contribution >= 0.6 is 0 Å². The van der Waals surface area contributed by atoms with Crippen molar-refractivity contribution in [2.24, 2.45) is 36.6 Å². The molecule has 11 heteroatoms. The molecular formula is C28H45F3N4O4. The molecule has 1 aromatic rings. The average molecular weight is 559 g/mol. The molecule has 1 aromatic heterocycles. The van der Waals surface area contributed by atoms with E-state index in [2.05, 4.69) is 5.32 Å². The third-order valence-corrected chi connectivity index (χ3v) is 9.36. The van der Waals surface area contributed by atoms with E-state index in [0.717, 1.165) is 25.7 Å². The van der Waals surface area contributed by atoms with Crippen LogP contribution in [0, 0.1) is 35.0 Å². The van der Waals surface area contributed by atoms with Crippen molar-refractivity contribution in [1.82, 2.24) is 14.5 Å². The van der Waals surface area contributed by atoms with Gasteiger partial charge in [-0.1, -0.05) is 0 Å². The molecule has 0 saturated heterocycles. The number of ether oxygens (including phenoxy) is 3. The first-order valence-corrected chi connectivity index (χ1v) is 14.3. The Bertz CT molecular complexity index is 974. The van der Waals surface area contributed by atoms with Crippen molar-refractivity contribution < 1.29 is 32.2 Å². The fourth-order valence-corrected chi connectivity index (χ4v) is 7.35. The topological polar surface area (TPSA) is 90.5 Å². The lowest BCUT2D eigenvalue weighted by atomic mass is 9.65. The number of alkyl halides is 3.